The lowest BCUT2D eigenvalue weighted by Gasteiger charge is -2.20. The summed E-state index contributed by atoms with van der Waals surface area (Å²) < 4.78 is 5.50. The van der Waals surface area contributed by atoms with Crippen LogP contribution in [0.25, 0.3) is 0 Å². The van der Waals surface area contributed by atoms with Crippen molar-refractivity contribution in [2.45, 2.75) is 443 Å². The first-order chi connectivity index (χ1) is 42.0. The third-order valence-electron chi connectivity index (χ3n) is 18.2. The maximum absolute atomic E-state index is 12.5. The summed E-state index contributed by atoms with van der Waals surface area (Å²) in [6.45, 7) is 4.93. The summed E-state index contributed by atoms with van der Waals surface area (Å²) in [7, 11) is 0. The van der Waals surface area contributed by atoms with Gasteiger partial charge in [-0.05, 0) is 64.2 Å². The third kappa shape index (κ3) is 71.0. The van der Waals surface area contributed by atoms with Crippen molar-refractivity contribution in [3.63, 3.8) is 0 Å². The summed E-state index contributed by atoms with van der Waals surface area (Å²) in [5.41, 5.74) is 0. The molecule has 2 unspecified atom stereocenters. The van der Waals surface area contributed by atoms with Crippen LogP contribution in [0.2, 0.25) is 0 Å². The molecule has 6 nitrogen and oxygen atoms in total. The SMILES string of the molecule is CCCCCC/C=C\C/C=C\CCCCCCCC(=O)OCCCCCCCCCCCCCCCCCCCCCCCCCCCCCCCCCC(=O)NC(CO)C(O)/C=C/CCCCCCCCCCCCCCCCCCCCC. The van der Waals surface area contributed by atoms with Crippen LogP contribution in [-0.2, 0) is 14.3 Å². The normalized spacial score (nSPS) is 12.7. The molecular formula is C79H151NO5. The van der Waals surface area contributed by atoms with E-state index in [1.165, 1.54) is 353 Å². The van der Waals surface area contributed by atoms with Crippen LogP contribution >= 0.6 is 0 Å². The lowest BCUT2D eigenvalue weighted by Crippen LogP contribution is -2.45. The first-order valence-electron chi connectivity index (χ1n) is 38.8. The molecule has 85 heavy (non-hydrogen) atoms. The number of hydrogen-bond acceptors (Lipinski definition) is 5. The van der Waals surface area contributed by atoms with Crippen LogP contribution in [0.4, 0.5) is 0 Å². The number of carbonyl (C=O) groups is 2. The molecule has 1 amide bonds. The van der Waals surface area contributed by atoms with Gasteiger partial charge in [-0.2, -0.15) is 0 Å². The van der Waals surface area contributed by atoms with Gasteiger partial charge >= 0.3 is 5.97 Å². The fourth-order valence-corrected chi connectivity index (χ4v) is 12.3. The van der Waals surface area contributed by atoms with E-state index in [1.807, 2.05) is 6.08 Å². The molecular weight excluding hydrogens is 1040 g/mol. The molecule has 0 radical (unpaired) electrons. The average Bonchev–Trinajstić information content (AvgIpc) is 3.51. The minimum Gasteiger partial charge on any atom is -0.466 e. The van der Waals surface area contributed by atoms with E-state index in [4.69, 9.17) is 4.74 Å². The Morgan fingerprint density at radius 1 is 0.329 bits per heavy atom. The second-order valence-corrected chi connectivity index (χ2v) is 26.7. The number of unbranched alkanes of at least 4 members (excludes halogenated alkanes) is 58. The first-order valence-corrected chi connectivity index (χ1v) is 38.8. The highest BCUT2D eigenvalue weighted by Crippen LogP contribution is 2.20. The highest BCUT2D eigenvalue weighted by Gasteiger charge is 2.18. The van der Waals surface area contributed by atoms with E-state index in [1.54, 1.807) is 6.08 Å². The van der Waals surface area contributed by atoms with Crippen LogP contribution in [0.5, 0.6) is 0 Å². The lowest BCUT2D eigenvalue weighted by atomic mass is 10.0. The Hall–Kier alpha value is -1.92. The van der Waals surface area contributed by atoms with Crippen molar-refractivity contribution in [3.05, 3.63) is 36.5 Å². The molecule has 502 valence electrons. The quantitative estimate of drug-likeness (QED) is 0.0320. The molecule has 3 N–H and O–H groups in total. The number of ether oxygens (including phenoxy) is 1. The highest BCUT2D eigenvalue weighted by atomic mass is 16.5. The standard InChI is InChI=1S/C79H151NO5/c1-3-5-7-9-11-13-15-17-19-21-22-34-37-40-43-47-51-55-59-63-67-71-77(82)76(75-81)80-78(83)72-68-64-60-56-52-48-44-41-38-35-32-30-28-26-24-23-25-27-29-31-33-36-39-42-46-50-54-58-62-66-70-74-85-79(84)73-69-65-61-57-53-49-45-20-18-16-14-12-10-8-6-4-2/h14,16,20,45,67,71,76-77,81-82H,3-13,15,17-19,21-44,46-66,68-70,72-75H2,1-2H3,(H,80,83)/b16-14-,45-20-,71-67+. The third-order valence-corrected chi connectivity index (χ3v) is 18.2. The molecule has 0 aromatic rings. The molecule has 0 heterocycles. The molecule has 0 aromatic carbocycles. The summed E-state index contributed by atoms with van der Waals surface area (Å²) in [6.07, 6.45) is 96.8. The monoisotopic (exact) mass is 1190 g/mol. The molecule has 0 fully saturated rings. The summed E-state index contributed by atoms with van der Waals surface area (Å²) in [5.74, 6) is -0.0519. The zero-order valence-electron chi connectivity index (χ0n) is 57.6. The number of aliphatic hydroxyl groups excluding tert-OH is 2. The molecule has 0 saturated carbocycles. The topological polar surface area (TPSA) is 95.9 Å². The van der Waals surface area contributed by atoms with Crippen molar-refractivity contribution in [1.82, 2.24) is 5.32 Å². The van der Waals surface area contributed by atoms with Gasteiger partial charge in [-0.25, -0.2) is 0 Å². The summed E-state index contributed by atoms with van der Waals surface area (Å²) >= 11 is 0. The van der Waals surface area contributed by atoms with Crippen molar-refractivity contribution < 1.29 is 24.5 Å². The van der Waals surface area contributed by atoms with Gasteiger partial charge in [0.25, 0.3) is 0 Å². The number of allylic oxidation sites excluding steroid dienone is 5. The van der Waals surface area contributed by atoms with E-state index < -0.39 is 12.1 Å². The Balaban J connectivity index is 3.36. The van der Waals surface area contributed by atoms with Crippen LogP contribution in [0.1, 0.15) is 431 Å². The van der Waals surface area contributed by atoms with Gasteiger partial charge < -0.3 is 20.3 Å². The van der Waals surface area contributed by atoms with E-state index in [0.717, 1.165) is 51.4 Å². The molecule has 0 spiro atoms. The zero-order chi connectivity index (χ0) is 61.3. The fraction of sp³-hybridized carbons (Fsp3) is 0.899. The summed E-state index contributed by atoms with van der Waals surface area (Å²) in [6, 6.07) is -0.626. The lowest BCUT2D eigenvalue weighted by molar-refractivity contribution is -0.143. The number of hydrogen-bond donors (Lipinski definition) is 3. The van der Waals surface area contributed by atoms with Crippen LogP contribution in [0.15, 0.2) is 36.5 Å². The van der Waals surface area contributed by atoms with Gasteiger partial charge in [0.1, 0.15) is 0 Å². The maximum Gasteiger partial charge on any atom is 0.305 e. The Morgan fingerprint density at radius 2 is 0.588 bits per heavy atom. The molecule has 2 atom stereocenters. The van der Waals surface area contributed by atoms with Crippen molar-refractivity contribution in [2.75, 3.05) is 13.2 Å². The zero-order valence-corrected chi connectivity index (χ0v) is 57.6. The predicted molar refractivity (Wildman–Crippen MR) is 375 cm³/mol. The summed E-state index contributed by atoms with van der Waals surface area (Å²) in [5, 5.41) is 23.3. The predicted octanol–water partition coefficient (Wildman–Crippen LogP) is 25.4. The Kier molecular flexibility index (Phi) is 72.9. The minimum absolute atomic E-state index is 0.00753. The largest absolute Gasteiger partial charge is 0.466 e. The average molecular weight is 1200 g/mol. The maximum atomic E-state index is 12.5. The minimum atomic E-state index is -0.843. The van der Waals surface area contributed by atoms with E-state index >= 15 is 0 Å². The molecule has 0 aliphatic carbocycles. The van der Waals surface area contributed by atoms with Gasteiger partial charge in [-0.3, -0.25) is 9.59 Å². The molecule has 0 aromatic heterocycles. The van der Waals surface area contributed by atoms with E-state index in [0.29, 0.717) is 19.4 Å². The fourth-order valence-electron chi connectivity index (χ4n) is 12.3. The molecule has 0 bridgehead atoms. The molecule has 6 heteroatoms. The molecule has 0 aliphatic heterocycles. The Labute approximate surface area is 532 Å². The van der Waals surface area contributed by atoms with Gasteiger partial charge in [0.15, 0.2) is 0 Å². The van der Waals surface area contributed by atoms with Crippen molar-refractivity contribution in [3.8, 4) is 0 Å². The molecule has 0 saturated heterocycles. The van der Waals surface area contributed by atoms with Gasteiger partial charge in [0, 0.05) is 12.8 Å². The van der Waals surface area contributed by atoms with Crippen LogP contribution in [0, 0.1) is 0 Å². The number of aliphatic hydroxyl groups is 2. The van der Waals surface area contributed by atoms with Gasteiger partial charge in [0.2, 0.25) is 5.91 Å². The van der Waals surface area contributed by atoms with Crippen molar-refractivity contribution in [1.29, 1.82) is 0 Å². The second-order valence-electron chi connectivity index (χ2n) is 26.7. The van der Waals surface area contributed by atoms with Crippen LogP contribution in [-0.4, -0.2) is 47.4 Å². The van der Waals surface area contributed by atoms with Crippen LogP contribution in [0.3, 0.4) is 0 Å². The molecule has 0 rings (SSSR count). The number of rotatable bonds is 73. The Morgan fingerprint density at radius 3 is 0.906 bits per heavy atom. The number of amides is 1. The van der Waals surface area contributed by atoms with E-state index in [9.17, 15) is 19.8 Å². The summed E-state index contributed by atoms with van der Waals surface area (Å²) in [4.78, 5) is 24.6. The van der Waals surface area contributed by atoms with E-state index in [-0.39, 0.29) is 18.5 Å². The number of esters is 1. The van der Waals surface area contributed by atoms with Crippen LogP contribution < -0.4 is 5.32 Å². The van der Waals surface area contributed by atoms with Crippen molar-refractivity contribution >= 4 is 11.9 Å². The smallest absolute Gasteiger partial charge is 0.305 e. The van der Waals surface area contributed by atoms with E-state index in [2.05, 4.69) is 43.5 Å². The second kappa shape index (κ2) is 74.5. The van der Waals surface area contributed by atoms with Gasteiger partial charge in [-0.15, -0.1) is 0 Å². The number of carbonyl (C=O) groups excluding carboxylic acids is 2. The van der Waals surface area contributed by atoms with Crippen molar-refractivity contribution in [2.24, 2.45) is 0 Å². The Bertz CT molecular complexity index is 1380. The van der Waals surface area contributed by atoms with Gasteiger partial charge in [0.05, 0.1) is 25.4 Å². The van der Waals surface area contributed by atoms with Gasteiger partial charge in [-0.1, -0.05) is 391 Å². The molecule has 0 aliphatic rings. The number of nitrogens with one attached hydrogen (secondary N) is 1. The highest BCUT2D eigenvalue weighted by molar-refractivity contribution is 5.76. The first kappa shape index (κ1) is 83.1.